The van der Waals surface area contributed by atoms with Crippen molar-refractivity contribution in [3.8, 4) is 11.4 Å². The molecular weight excluding hydrogens is 414 g/mol. The highest BCUT2D eigenvalue weighted by atomic mass is 16.5. The molecule has 2 aliphatic rings. The summed E-state index contributed by atoms with van der Waals surface area (Å²) in [6, 6.07) is 6.06. The number of hydrogen-bond donors (Lipinski definition) is 0. The number of nitrogens with zero attached hydrogens (tertiary/aromatic N) is 5. The van der Waals surface area contributed by atoms with Crippen LogP contribution in [0.15, 0.2) is 66.7 Å². The van der Waals surface area contributed by atoms with Gasteiger partial charge in [0, 0.05) is 12.6 Å². The lowest BCUT2D eigenvalue weighted by Gasteiger charge is -2.33. The number of methoxy groups -OCH3 is 1. The van der Waals surface area contributed by atoms with Gasteiger partial charge in [0.1, 0.15) is 11.4 Å². The van der Waals surface area contributed by atoms with Gasteiger partial charge < -0.3 is 14.0 Å². The molecule has 0 N–H and O–H groups in total. The Morgan fingerprint density at radius 1 is 1.21 bits per heavy atom. The molecule has 0 saturated carbocycles. The number of hydrogen-bond acceptors (Lipinski definition) is 5. The average Bonchev–Trinajstić information content (AvgIpc) is 3.43. The zero-order chi connectivity index (χ0) is 22.8. The van der Waals surface area contributed by atoms with Gasteiger partial charge in [0.15, 0.2) is 11.6 Å². The number of rotatable bonds is 4. The Labute approximate surface area is 193 Å². The molecule has 33 heavy (non-hydrogen) atoms. The van der Waals surface area contributed by atoms with Gasteiger partial charge in [-0.25, -0.2) is 14.6 Å². The molecule has 1 aliphatic carbocycles. The van der Waals surface area contributed by atoms with Crippen LogP contribution >= 0.6 is 0 Å². The second kappa shape index (κ2) is 8.67. The van der Waals surface area contributed by atoms with Crippen molar-refractivity contribution in [2.45, 2.75) is 32.4 Å². The molecule has 1 atom stereocenters. The number of imidazole rings is 1. The van der Waals surface area contributed by atoms with Crippen LogP contribution < -0.4 is 4.74 Å². The molecule has 7 nitrogen and oxygen atoms in total. The maximum Gasteiger partial charge on any atom is 0.174 e. The minimum atomic E-state index is -0.584. The second-order valence-corrected chi connectivity index (χ2v) is 8.32. The maximum absolute atomic E-state index is 6.23. The van der Waals surface area contributed by atoms with Crippen molar-refractivity contribution in [1.82, 2.24) is 24.3 Å². The minimum Gasteiger partial charge on any atom is -0.495 e. The predicted molar refractivity (Wildman–Crippen MR) is 128 cm³/mol. The second-order valence-electron chi connectivity index (χ2n) is 8.32. The highest BCUT2D eigenvalue weighted by Gasteiger charge is 2.38. The van der Waals surface area contributed by atoms with Crippen molar-refractivity contribution in [2.75, 3.05) is 13.7 Å². The van der Waals surface area contributed by atoms with Crippen LogP contribution in [0.4, 0.5) is 0 Å². The molecule has 1 aliphatic heterocycles. The van der Waals surface area contributed by atoms with Gasteiger partial charge in [0.25, 0.3) is 0 Å². The molecule has 5 rings (SSSR count). The summed E-state index contributed by atoms with van der Waals surface area (Å²) in [5.41, 5.74) is 3.53. The number of allylic oxidation sites excluding steroid dienone is 4. The summed E-state index contributed by atoms with van der Waals surface area (Å²) >= 11 is 0. The average molecular weight is 442 g/mol. The summed E-state index contributed by atoms with van der Waals surface area (Å²) in [6.45, 7) is 5.35. The number of ether oxygens (including phenoxy) is 2. The molecule has 2 aromatic heterocycles. The van der Waals surface area contributed by atoms with E-state index in [4.69, 9.17) is 19.6 Å². The van der Waals surface area contributed by atoms with Gasteiger partial charge in [-0.1, -0.05) is 42.0 Å². The maximum atomic E-state index is 6.23. The fraction of sp³-hybridized carbons (Fsp3) is 0.269. The fourth-order valence-electron chi connectivity index (χ4n) is 4.18. The standard InChI is InChI=1S/C26H27N5O2/c1-19-6-4-12-26(13-5-7-19)25-28-24(29-31(25)14-15-33-26)11-9-21-8-10-22(23(16-21)32-3)30-17-20(2)27-18-30/h4-12,16-18H,13-15H2,1-3H3/b7-5-,11-9+,12-4+,19-6-. The molecule has 1 aromatic carbocycles. The molecule has 168 valence electrons. The molecule has 7 heteroatoms. The van der Waals surface area contributed by atoms with Gasteiger partial charge in [-0.3, -0.25) is 0 Å². The molecule has 3 aromatic rings. The Morgan fingerprint density at radius 2 is 2.12 bits per heavy atom. The summed E-state index contributed by atoms with van der Waals surface area (Å²) < 4.78 is 15.8. The van der Waals surface area contributed by atoms with Crippen molar-refractivity contribution in [3.05, 3.63) is 89.6 Å². The highest BCUT2D eigenvalue weighted by molar-refractivity contribution is 5.69. The van der Waals surface area contributed by atoms with E-state index in [1.807, 2.05) is 58.8 Å². The molecule has 1 spiro atoms. The monoisotopic (exact) mass is 441 g/mol. The number of fused-ring (bicyclic) bond motifs is 2. The van der Waals surface area contributed by atoms with Gasteiger partial charge in [0.05, 0.1) is 38.0 Å². The lowest BCUT2D eigenvalue weighted by molar-refractivity contribution is -0.0460. The Bertz CT molecular complexity index is 1290. The molecule has 0 bridgehead atoms. The van der Waals surface area contributed by atoms with E-state index in [-0.39, 0.29) is 0 Å². The van der Waals surface area contributed by atoms with E-state index in [2.05, 4.69) is 36.2 Å². The Morgan fingerprint density at radius 3 is 2.94 bits per heavy atom. The van der Waals surface area contributed by atoms with Gasteiger partial charge in [-0.15, -0.1) is 0 Å². The third-order valence-corrected chi connectivity index (χ3v) is 5.87. The summed E-state index contributed by atoms with van der Waals surface area (Å²) in [7, 11) is 1.67. The van der Waals surface area contributed by atoms with Crippen LogP contribution in [-0.4, -0.2) is 38.0 Å². The molecule has 0 radical (unpaired) electrons. The normalized spacial score (nSPS) is 23.5. The smallest absolute Gasteiger partial charge is 0.174 e. The van der Waals surface area contributed by atoms with Crippen LogP contribution in [0.2, 0.25) is 0 Å². The van der Waals surface area contributed by atoms with Crippen molar-refractivity contribution in [1.29, 1.82) is 0 Å². The van der Waals surface area contributed by atoms with E-state index in [9.17, 15) is 0 Å². The lowest BCUT2D eigenvalue weighted by Crippen LogP contribution is -2.37. The number of aromatic nitrogens is 5. The lowest BCUT2D eigenvalue weighted by atomic mass is 9.94. The van der Waals surface area contributed by atoms with E-state index in [1.165, 1.54) is 5.57 Å². The summed E-state index contributed by atoms with van der Waals surface area (Å²) in [6.07, 6.45) is 18.9. The van der Waals surface area contributed by atoms with Gasteiger partial charge >= 0.3 is 0 Å². The van der Waals surface area contributed by atoms with E-state index >= 15 is 0 Å². The Balaban J connectivity index is 1.43. The largest absolute Gasteiger partial charge is 0.495 e. The predicted octanol–water partition coefficient (Wildman–Crippen LogP) is 4.64. The zero-order valence-electron chi connectivity index (χ0n) is 19.1. The quantitative estimate of drug-likeness (QED) is 0.590. The first-order valence-corrected chi connectivity index (χ1v) is 11.1. The van der Waals surface area contributed by atoms with Crippen LogP contribution in [0.3, 0.4) is 0 Å². The Kier molecular flexibility index (Phi) is 5.56. The fourth-order valence-corrected chi connectivity index (χ4v) is 4.18. The first-order valence-electron chi connectivity index (χ1n) is 11.1. The SMILES string of the molecule is COc1cc(/C=C/c2nc3n(n2)CCOC32/C=C/C=C(C)\C=C/C2)ccc1-n1cnc(C)c1. The van der Waals surface area contributed by atoms with Gasteiger partial charge in [0.2, 0.25) is 0 Å². The highest BCUT2D eigenvalue weighted by Crippen LogP contribution is 2.35. The van der Waals surface area contributed by atoms with Crippen molar-refractivity contribution >= 4 is 12.2 Å². The van der Waals surface area contributed by atoms with Crippen LogP contribution in [0, 0.1) is 6.92 Å². The molecule has 0 amide bonds. The van der Waals surface area contributed by atoms with E-state index in [0.29, 0.717) is 19.0 Å². The number of benzene rings is 1. The molecule has 1 unspecified atom stereocenters. The molecule has 3 heterocycles. The van der Waals surface area contributed by atoms with Crippen LogP contribution in [0.25, 0.3) is 17.8 Å². The van der Waals surface area contributed by atoms with Crippen molar-refractivity contribution in [3.63, 3.8) is 0 Å². The van der Waals surface area contributed by atoms with E-state index < -0.39 is 5.60 Å². The first-order chi connectivity index (χ1) is 16.1. The van der Waals surface area contributed by atoms with E-state index in [1.54, 1.807) is 13.4 Å². The topological polar surface area (TPSA) is 67.0 Å². The summed E-state index contributed by atoms with van der Waals surface area (Å²) in [5, 5.41) is 4.72. The van der Waals surface area contributed by atoms with Crippen LogP contribution in [-0.2, 0) is 16.9 Å². The van der Waals surface area contributed by atoms with Gasteiger partial charge in [-0.05, 0) is 43.7 Å². The zero-order valence-corrected chi connectivity index (χ0v) is 19.1. The van der Waals surface area contributed by atoms with Crippen molar-refractivity contribution < 1.29 is 9.47 Å². The first kappa shape index (κ1) is 21.2. The van der Waals surface area contributed by atoms with E-state index in [0.717, 1.165) is 34.9 Å². The molecule has 0 fully saturated rings. The van der Waals surface area contributed by atoms with Crippen LogP contribution in [0.1, 0.15) is 36.3 Å². The third-order valence-electron chi connectivity index (χ3n) is 5.87. The third kappa shape index (κ3) is 4.19. The summed E-state index contributed by atoms with van der Waals surface area (Å²) in [5.74, 6) is 2.27. The molecule has 0 saturated heterocycles. The Hall–Kier alpha value is -3.71. The minimum absolute atomic E-state index is 0.584. The number of aryl methyl sites for hydroxylation is 1. The van der Waals surface area contributed by atoms with Crippen molar-refractivity contribution in [2.24, 2.45) is 0 Å². The molecular formula is C26H27N5O2. The van der Waals surface area contributed by atoms with Gasteiger partial charge in [-0.2, -0.15) is 5.10 Å². The van der Waals surface area contributed by atoms with Crippen LogP contribution in [0.5, 0.6) is 5.75 Å². The summed E-state index contributed by atoms with van der Waals surface area (Å²) in [4.78, 5) is 9.14.